The van der Waals surface area contributed by atoms with E-state index in [2.05, 4.69) is 173 Å². The molecular formula is C51H31N5. The van der Waals surface area contributed by atoms with Crippen molar-refractivity contribution in [1.82, 2.24) is 19.1 Å². The maximum absolute atomic E-state index is 10.0. The molecule has 0 aliphatic heterocycles. The minimum atomic E-state index is 0.364. The summed E-state index contributed by atoms with van der Waals surface area (Å²) in [4.78, 5) is 9.72. The summed E-state index contributed by atoms with van der Waals surface area (Å²) in [6.07, 6.45) is 0. The van der Waals surface area contributed by atoms with Gasteiger partial charge in [0.15, 0.2) is 5.69 Å². The van der Waals surface area contributed by atoms with E-state index in [0.717, 1.165) is 60.6 Å². The Morgan fingerprint density at radius 3 is 1.48 bits per heavy atom. The van der Waals surface area contributed by atoms with Crippen molar-refractivity contribution in [3.63, 3.8) is 0 Å². The Morgan fingerprint density at radius 2 is 0.839 bits per heavy atom. The molecule has 0 saturated carbocycles. The van der Waals surface area contributed by atoms with Gasteiger partial charge in [0.2, 0.25) is 5.95 Å². The molecular weight excluding hydrogens is 683 g/mol. The molecule has 0 saturated heterocycles. The molecule has 0 bridgehead atoms. The highest BCUT2D eigenvalue weighted by Gasteiger charge is 2.19. The Balaban J connectivity index is 1.11. The number of hydrogen-bond donors (Lipinski definition) is 0. The predicted octanol–water partition coefficient (Wildman–Crippen LogP) is 12.7. The molecule has 3 aromatic heterocycles. The van der Waals surface area contributed by atoms with Crippen molar-refractivity contribution in [2.24, 2.45) is 0 Å². The number of aromatic nitrogens is 4. The Hall–Kier alpha value is -7.81. The fraction of sp³-hybridized carbons (Fsp3) is 0. The van der Waals surface area contributed by atoms with Crippen LogP contribution in [0.25, 0.3) is 99.5 Å². The maximum Gasteiger partial charge on any atom is 0.236 e. The molecule has 0 spiro atoms. The lowest BCUT2D eigenvalue weighted by Gasteiger charge is -2.11. The Kier molecular flexibility index (Phi) is 7.16. The third-order valence-corrected chi connectivity index (χ3v) is 11.0. The number of benzene rings is 8. The molecule has 0 unspecified atom stereocenters. The SMILES string of the molecule is N#Cc1nc(-n2c3ccccc3c3cc(-c4ccc5c(c4)c4cc(-c6ccccc6)ccc4n5-c4cccc(-c5ccccc5)c4)ccc32)nc2ccccc12. The summed E-state index contributed by atoms with van der Waals surface area (Å²) >= 11 is 0. The highest BCUT2D eigenvalue weighted by atomic mass is 15.2. The zero-order valence-electron chi connectivity index (χ0n) is 30.1. The molecule has 0 fully saturated rings. The monoisotopic (exact) mass is 713 g/mol. The lowest BCUT2D eigenvalue weighted by atomic mass is 9.99. The van der Waals surface area contributed by atoms with Crippen LogP contribution in [0.2, 0.25) is 0 Å². The number of hydrogen-bond acceptors (Lipinski definition) is 3. The van der Waals surface area contributed by atoms with Gasteiger partial charge in [-0.2, -0.15) is 5.26 Å². The molecule has 11 rings (SSSR count). The van der Waals surface area contributed by atoms with E-state index in [4.69, 9.17) is 9.97 Å². The average Bonchev–Trinajstić information content (AvgIpc) is 3.78. The summed E-state index contributed by atoms with van der Waals surface area (Å²) in [6.45, 7) is 0. The van der Waals surface area contributed by atoms with E-state index in [1.54, 1.807) is 0 Å². The van der Waals surface area contributed by atoms with E-state index in [-0.39, 0.29) is 0 Å². The molecule has 8 aromatic carbocycles. The standard InChI is InChI=1S/C51H31N5/c52-32-46-41-19-7-9-20-45(41)53-51(54-46)56-47-21-10-8-18-40(47)42-30-37(24-27-50(42)56)38-23-26-49-44(31-38)43-29-36(34-14-5-2-6-15-34)22-25-48(43)55(49)39-17-11-16-35(28-39)33-12-3-1-4-13-33/h1-31H. The second kappa shape index (κ2) is 12.7. The van der Waals surface area contributed by atoms with E-state index in [9.17, 15) is 5.26 Å². The van der Waals surface area contributed by atoms with Crippen LogP contribution in [0.5, 0.6) is 0 Å². The second-order valence-corrected chi connectivity index (χ2v) is 14.2. The van der Waals surface area contributed by atoms with Crippen LogP contribution in [0.1, 0.15) is 5.69 Å². The van der Waals surface area contributed by atoms with Crippen LogP contribution >= 0.6 is 0 Å². The number of rotatable bonds is 5. The zero-order valence-corrected chi connectivity index (χ0v) is 30.1. The van der Waals surface area contributed by atoms with E-state index >= 15 is 0 Å². The van der Waals surface area contributed by atoms with Crippen molar-refractivity contribution in [2.45, 2.75) is 0 Å². The molecule has 0 aliphatic carbocycles. The molecule has 0 radical (unpaired) electrons. The molecule has 5 nitrogen and oxygen atoms in total. The van der Waals surface area contributed by atoms with Gasteiger partial charge in [-0.25, -0.2) is 9.97 Å². The first-order chi connectivity index (χ1) is 27.7. The van der Waals surface area contributed by atoms with E-state index in [1.807, 2.05) is 30.3 Å². The fourth-order valence-electron chi connectivity index (χ4n) is 8.36. The Labute approximate surface area is 322 Å². The predicted molar refractivity (Wildman–Crippen MR) is 229 cm³/mol. The number of nitrogens with zero attached hydrogens (tertiary/aromatic N) is 5. The Bertz CT molecular complexity index is 3370. The zero-order chi connectivity index (χ0) is 37.2. The van der Waals surface area contributed by atoms with Gasteiger partial charge in [-0.05, 0) is 100 Å². The molecule has 56 heavy (non-hydrogen) atoms. The summed E-state index contributed by atoms with van der Waals surface area (Å²) in [5.74, 6) is 0.485. The highest BCUT2D eigenvalue weighted by molar-refractivity contribution is 6.13. The van der Waals surface area contributed by atoms with Crippen molar-refractivity contribution in [2.75, 3.05) is 0 Å². The summed E-state index contributed by atoms with van der Waals surface area (Å²) in [6, 6.07) is 68.6. The van der Waals surface area contributed by atoms with Crippen molar-refractivity contribution in [3.8, 4) is 51.1 Å². The van der Waals surface area contributed by atoms with Crippen LogP contribution in [-0.4, -0.2) is 19.1 Å². The first-order valence-electron chi connectivity index (χ1n) is 18.7. The summed E-state index contributed by atoms with van der Waals surface area (Å²) in [7, 11) is 0. The van der Waals surface area contributed by atoms with Gasteiger partial charge < -0.3 is 4.57 Å². The van der Waals surface area contributed by atoms with Crippen LogP contribution in [0.3, 0.4) is 0 Å². The summed E-state index contributed by atoms with van der Waals surface area (Å²) < 4.78 is 4.47. The minimum absolute atomic E-state index is 0.364. The van der Waals surface area contributed by atoms with Crippen molar-refractivity contribution in [1.29, 1.82) is 5.26 Å². The van der Waals surface area contributed by atoms with Crippen LogP contribution in [-0.2, 0) is 0 Å². The molecule has 260 valence electrons. The smallest absolute Gasteiger partial charge is 0.236 e. The van der Waals surface area contributed by atoms with Gasteiger partial charge in [0.1, 0.15) is 6.07 Å². The van der Waals surface area contributed by atoms with Crippen molar-refractivity contribution in [3.05, 3.63) is 194 Å². The van der Waals surface area contributed by atoms with E-state index in [1.165, 1.54) is 33.0 Å². The number of fused-ring (bicyclic) bond motifs is 7. The molecule has 3 heterocycles. The van der Waals surface area contributed by atoms with Crippen LogP contribution in [0.4, 0.5) is 0 Å². The van der Waals surface area contributed by atoms with Gasteiger partial charge in [-0.1, -0.05) is 121 Å². The number of nitriles is 1. The number of para-hydroxylation sites is 2. The molecule has 0 amide bonds. The molecule has 11 aromatic rings. The second-order valence-electron chi connectivity index (χ2n) is 14.2. The highest BCUT2D eigenvalue weighted by Crippen LogP contribution is 2.40. The third kappa shape index (κ3) is 5.01. The fourth-order valence-corrected chi connectivity index (χ4v) is 8.36. The molecule has 0 N–H and O–H groups in total. The van der Waals surface area contributed by atoms with Gasteiger partial charge in [-0.3, -0.25) is 4.57 Å². The normalized spacial score (nSPS) is 11.6. The van der Waals surface area contributed by atoms with Gasteiger partial charge >= 0.3 is 0 Å². The van der Waals surface area contributed by atoms with Gasteiger partial charge in [-0.15, -0.1) is 0 Å². The topological polar surface area (TPSA) is 59.4 Å². The van der Waals surface area contributed by atoms with Gasteiger partial charge in [0, 0.05) is 32.6 Å². The maximum atomic E-state index is 10.0. The summed E-state index contributed by atoms with van der Waals surface area (Å²) in [5, 5.41) is 15.4. The van der Waals surface area contributed by atoms with E-state index in [0.29, 0.717) is 11.6 Å². The van der Waals surface area contributed by atoms with Crippen molar-refractivity contribution >= 4 is 54.5 Å². The third-order valence-electron chi connectivity index (χ3n) is 11.0. The lowest BCUT2D eigenvalue weighted by Crippen LogP contribution is -2.03. The van der Waals surface area contributed by atoms with Gasteiger partial charge in [0.25, 0.3) is 0 Å². The van der Waals surface area contributed by atoms with Gasteiger partial charge in [0.05, 0.1) is 27.6 Å². The largest absolute Gasteiger partial charge is 0.309 e. The molecule has 0 aliphatic rings. The van der Waals surface area contributed by atoms with Crippen molar-refractivity contribution < 1.29 is 0 Å². The Morgan fingerprint density at radius 1 is 0.357 bits per heavy atom. The molecule has 5 heteroatoms. The van der Waals surface area contributed by atoms with Crippen LogP contribution in [0, 0.1) is 11.3 Å². The van der Waals surface area contributed by atoms with Crippen LogP contribution < -0.4 is 0 Å². The lowest BCUT2D eigenvalue weighted by molar-refractivity contribution is 1.00. The van der Waals surface area contributed by atoms with Crippen LogP contribution in [0.15, 0.2) is 188 Å². The summed E-state index contributed by atoms with van der Waals surface area (Å²) in [5.41, 5.74) is 13.5. The molecule has 0 atom stereocenters. The first kappa shape index (κ1) is 31.7. The average molecular weight is 714 g/mol. The van der Waals surface area contributed by atoms with E-state index < -0.39 is 0 Å². The first-order valence-corrected chi connectivity index (χ1v) is 18.7. The quantitative estimate of drug-likeness (QED) is 0.178. The minimum Gasteiger partial charge on any atom is -0.309 e.